The van der Waals surface area contributed by atoms with Gasteiger partial charge >= 0.3 is 0 Å². The SMILES string of the molecule is COc1cc(C(C)N2C(=O)C=CC2=O)c([N+](=O)[O-])cc1OCCCN=[N+]=[N-]. The number of carbonyl (C=O) groups excluding carboxylic acids is 2. The first kappa shape index (κ1) is 19.7. The zero-order valence-electron chi connectivity index (χ0n) is 14.7. The first-order chi connectivity index (χ1) is 12.9. The van der Waals surface area contributed by atoms with E-state index >= 15 is 0 Å². The van der Waals surface area contributed by atoms with Crippen LogP contribution in [0.2, 0.25) is 0 Å². The van der Waals surface area contributed by atoms with Gasteiger partial charge in [-0.05, 0) is 24.9 Å². The number of nitro groups is 1. The lowest BCUT2D eigenvalue weighted by atomic mass is 10.0. The van der Waals surface area contributed by atoms with Gasteiger partial charge in [0, 0.05) is 23.6 Å². The zero-order chi connectivity index (χ0) is 20.0. The molecule has 11 nitrogen and oxygen atoms in total. The molecule has 0 fully saturated rings. The predicted octanol–water partition coefficient (Wildman–Crippen LogP) is 2.67. The summed E-state index contributed by atoms with van der Waals surface area (Å²) in [6.45, 7) is 1.90. The van der Waals surface area contributed by atoms with Crippen LogP contribution in [0.3, 0.4) is 0 Å². The minimum Gasteiger partial charge on any atom is -0.493 e. The molecule has 0 saturated heterocycles. The van der Waals surface area contributed by atoms with Gasteiger partial charge < -0.3 is 9.47 Å². The fourth-order valence-electron chi connectivity index (χ4n) is 2.62. The molecular weight excluding hydrogens is 358 g/mol. The van der Waals surface area contributed by atoms with Gasteiger partial charge in [0.25, 0.3) is 17.5 Å². The number of benzene rings is 1. The first-order valence-corrected chi connectivity index (χ1v) is 7.96. The molecule has 27 heavy (non-hydrogen) atoms. The van der Waals surface area contributed by atoms with Crippen LogP contribution in [0.25, 0.3) is 10.4 Å². The highest BCUT2D eigenvalue weighted by atomic mass is 16.6. The van der Waals surface area contributed by atoms with E-state index in [9.17, 15) is 19.7 Å². The Morgan fingerprint density at radius 2 is 1.96 bits per heavy atom. The highest BCUT2D eigenvalue weighted by molar-refractivity contribution is 6.13. The van der Waals surface area contributed by atoms with Crippen molar-refractivity contribution in [2.75, 3.05) is 20.3 Å². The summed E-state index contributed by atoms with van der Waals surface area (Å²) in [5.74, 6) is -0.727. The summed E-state index contributed by atoms with van der Waals surface area (Å²) in [7, 11) is 1.37. The number of nitrogens with zero attached hydrogens (tertiary/aromatic N) is 5. The number of azide groups is 1. The van der Waals surface area contributed by atoms with Crippen LogP contribution in [-0.4, -0.2) is 41.9 Å². The molecule has 1 aromatic rings. The van der Waals surface area contributed by atoms with Crippen molar-refractivity contribution in [3.05, 3.63) is 50.4 Å². The standard InChI is InChI=1S/C16H17N5O6/c1-10(20-15(22)4-5-16(20)23)11-8-13(26-2)14(9-12(11)21(24)25)27-7-3-6-18-19-17/h4-5,8-10H,3,6-7H2,1-2H3. The second-order valence-corrected chi connectivity index (χ2v) is 5.53. The van der Waals surface area contributed by atoms with E-state index in [1.165, 1.54) is 26.2 Å². The number of amides is 2. The molecule has 0 aliphatic carbocycles. The molecule has 142 valence electrons. The van der Waals surface area contributed by atoms with Crippen molar-refractivity contribution in [3.63, 3.8) is 0 Å². The fraction of sp³-hybridized carbons (Fsp3) is 0.375. The van der Waals surface area contributed by atoms with Gasteiger partial charge in [-0.25, -0.2) is 0 Å². The molecule has 0 aromatic heterocycles. The van der Waals surface area contributed by atoms with E-state index in [1.54, 1.807) is 0 Å². The quantitative estimate of drug-likeness (QED) is 0.123. The second-order valence-electron chi connectivity index (χ2n) is 5.53. The van der Waals surface area contributed by atoms with Crippen molar-refractivity contribution in [2.45, 2.75) is 19.4 Å². The molecule has 1 unspecified atom stereocenters. The summed E-state index contributed by atoms with van der Waals surface area (Å²) < 4.78 is 10.7. The molecule has 11 heteroatoms. The summed E-state index contributed by atoms with van der Waals surface area (Å²) in [5.41, 5.74) is 8.08. The van der Waals surface area contributed by atoms with Crippen molar-refractivity contribution >= 4 is 17.5 Å². The van der Waals surface area contributed by atoms with Crippen LogP contribution < -0.4 is 9.47 Å². The summed E-state index contributed by atoms with van der Waals surface area (Å²) in [4.78, 5) is 38.2. The van der Waals surface area contributed by atoms with E-state index in [4.69, 9.17) is 15.0 Å². The number of nitro benzene ring substituents is 1. The molecule has 2 amide bonds. The lowest BCUT2D eigenvalue weighted by Gasteiger charge is -2.23. The summed E-state index contributed by atoms with van der Waals surface area (Å²) in [6.07, 6.45) is 2.65. The molecule has 0 bridgehead atoms. The summed E-state index contributed by atoms with van der Waals surface area (Å²) >= 11 is 0. The molecule has 0 N–H and O–H groups in total. The maximum atomic E-state index is 11.9. The van der Waals surface area contributed by atoms with E-state index in [0.29, 0.717) is 6.42 Å². The van der Waals surface area contributed by atoms with Crippen LogP contribution in [0.5, 0.6) is 11.5 Å². The van der Waals surface area contributed by atoms with E-state index in [-0.39, 0.29) is 35.9 Å². The third-order valence-electron chi connectivity index (χ3n) is 3.91. The van der Waals surface area contributed by atoms with Crippen molar-refractivity contribution in [2.24, 2.45) is 5.11 Å². The van der Waals surface area contributed by atoms with E-state index < -0.39 is 22.8 Å². The van der Waals surface area contributed by atoms with Gasteiger partial charge in [-0.1, -0.05) is 5.11 Å². The minimum absolute atomic E-state index is 0.137. The molecular formula is C16H17N5O6. The number of rotatable bonds is 9. The van der Waals surface area contributed by atoms with Gasteiger partial charge in [0.1, 0.15) is 0 Å². The predicted molar refractivity (Wildman–Crippen MR) is 93.2 cm³/mol. The summed E-state index contributed by atoms with van der Waals surface area (Å²) in [6, 6.07) is 1.70. The molecule has 1 aromatic carbocycles. The van der Waals surface area contributed by atoms with E-state index in [2.05, 4.69) is 10.0 Å². The Bertz CT molecular complexity index is 828. The average Bonchev–Trinajstić information content (AvgIpc) is 2.98. The third kappa shape index (κ3) is 4.33. The van der Waals surface area contributed by atoms with Crippen LogP contribution in [0.15, 0.2) is 29.4 Å². The largest absolute Gasteiger partial charge is 0.493 e. The number of methoxy groups -OCH3 is 1. The highest BCUT2D eigenvalue weighted by Crippen LogP contribution is 2.39. The Morgan fingerprint density at radius 1 is 1.30 bits per heavy atom. The maximum absolute atomic E-state index is 11.9. The van der Waals surface area contributed by atoms with Crippen LogP contribution >= 0.6 is 0 Å². The van der Waals surface area contributed by atoms with Crippen LogP contribution in [-0.2, 0) is 9.59 Å². The first-order valence-electron chi connectivity index (χ1n) is 7.96. The van der Waals surface area contributed by atoms with Gasteiger partial charge in [-0.3, -0.25) is 24.6 Å². The molecule has 2 rings (SSSR count). The van der Waals surface area contributed by atoms with E-state index in [1.807, 2.05) is 0 Å². The average molecular weight is 375 g/mol. The Hall–Kier alpha value is -3.59. The highest BCUT2D eigenvalue weighted by Gasteiger charge is 2.34. The van der Waals surface area contributed by atoms with Gasteiger partial charge in [0.15, 0.2) is 11.5 Å². The van der Waals surface area contributed by atoms with Crippen LogP contribution in [0, 0.1) is 10.1 Å². The minimum atomic E-state index is -0.867. The van der Waals surface area contributed by atoms with Crippen LogP contribution in [0.4, 0.5) is 5.69 Å². The Labute approximate surface area is 153 Å². The number of imide groups is 1. The third-order valence-corrected chi connectivity index (χ3v) is 3.91. The van der Waals surface area contributed by atoms with Crippen LogP contribution in [0.1, 0.15) is 24.9 Å². The summed E-state index contributed by atoms with van der Waals surface area (Å²) in [5, 5.41) is 14.9. The Kier molecular flexibility index (Phi) is 6.34. The number of hydrogen-bond acceptors (Lipinski definition) is 7. The lowest BCUT2D eigenvalue weighted by Crippen LogP contribution is -2.33. The molecule has 1 aliphatic heterocycles. The van der Waals surface area contributed by atoms with Gasteiger partial charge in [0.05, 0.1) is 36.3 Å². The van der Waals surface area contributed by atoms with Crippen molar-refractivity contribution in [1.82, 2.24) is 4.90 Å². The van der Waals surface area contributed by atoms with Crippen molar-refractivity contribution in [3.8, 4) is 11.5 Å². The van der Waals surface area contributed by atoms with Crippen molar-refractivity contribution < 1.29 is 24.0 Å². The maximum Gasteiger partial charge on any atom is 0.278 e. The molecule has 0 radical (unpaired) electrons. The van der Waals surface area contributed by atoms with Crippen molar-refractivity contribution in [1.29, 1.82) is 0 Å². The molecule has 0 saturated carbocycles. The smallest absolute Gasteiger partial charge is 0.278 e. The normalized spacial score (nSPS) is 14.1. The number of hydrogen-bond donors (Lipinski definition) is 0. The Morgan fingerprint density at radius 3 is 2.52 bits per heavy atom. The number of ether oxygens (including phenoxy) is 2. The lowest BCUT2D eigenvalue weighted by molar-refractivity contribution is -0.385. The van der Waals surface area contributed by atoms with Gasteiger partial charge in [-0.15, -0.1) is 0 Å². The second kappa shape index (κ2) is 8.68. The monoisotopic (exact) mass is 375 g/mol. The number of carbonyl (C=O) groups is 2. The fourth-order valence-corrected chi connectivity index (χ4v) is 2.62. The molecule has 1 aliphatic rings. The topological polar surface area (TPSA) is 148 Å². The molecule has 1 heterocycles. The molecule has 1 atom stereocenters. The van der Waals surface area contributed by atoms with Gasteiger partial charge in [0.2, 0.25) is 0 Å². The molecule has 0 spiro atoms. The zero-order valence-corrected chi connectivity index (χ0v) is 14.7. The van der Waals surface area contributed by atoms with E-state index in [0.717, 1.165) is 17.1 Å². The Balaban J connectivity index is 2.34. The van der Waals surface area contributed by atoms with Gasteiger partial charge in [-0.2, -0.15) is 0 Å².